The van der Waals surface area contributed by atoms with Crippen LogP contribution >= 0.6 is 0 Å². The first-order chi connectivity index (χ1) is 15.6. The van der Waals surface area contributed by atoms with Crippen molar-refractivity contribution in [3.8, 4) is 0 Å². The lowest BCUT2D eigenvalue weighted by Crippen LogP contribution is -2.38. The fourth-order valence-electron chi connectivity index (χ4n) is 4.30. The number of aromatic amines is 1. The summed E-state index contributed by atoms with van der Waals surface area (Å²) in [7, 11) is 0. The van der Waals surface area contributed by atoms with E-state index in [2.05, 4.69) is 25.2 Å². The Bertz CT molecular complexity index is 1310. The van der Waals surface area contributed by atoms with Crippen molar-refractivity contribution in [2.45, 2.75) is 19.4 Å². The van der Waals surface area contributed by atoms with Gasteiger partial charge in [-0.3, -0.25) is 14.5 Å². The van der Waals surface area contributed by atoms with E-state index in [0.717, 1.165) is 48.0 Å². The summed E-state index contributed by atoms with van der Waals surface area (Å²) in [6.07, 6.45) is 3.32. The van der Waals surface area contributed by atoms with E-state index in [1.165, 1.54) is 0 Å². The lowest BCUT2D eigenvalue weighted by molar-refractivity contribution is -0.121. The molecule has 4 N–H and O–H groups in total. The number of fused-ring (bicyclic) bond motifs is 2. The smallest absolute Gasteiger partial charge is 0.250 e. The Morgan fingerprint density at radius 1 is 1.09 bits per heavy atom. The second kappa shape index (κ2) is 8.39. The maximum atomic E-state index is 12.8. The van der Waals surface area contributed by atoms with Crippen LogP contribution in [-0.4, -0.2) is 44.8 Å². The molecule has 0 saturated carbocycles. The summed E-state index contributed by atoms with van der Waals surface area (Å²) in [5.41, 5.74) is 7.28. The monoisotopic (exact) mass is 428 g/mol. The number of carbonyl (C=O) groups excluding carboxylic acids is 2. The van der Waals surface area contributed by atoms with Gasteiger partial charge >= 0.3 is 0 Å². The molecule has 0 unspecified atom stereocenters. The number of amides is 2. The van der Waals surface area contributed by atoms with Crippen molar-refractivity contribution < 1.29 is 9.59 Å². The highest BCUT2D eigenvalue weighted by atomic mass is 16.2. The van der Waals surface area contributed by atoms with E-state index in [1.54, 1.807) is 18.3 Å². The molecule has 5 rings (SSSR count). The van der Waals surface area contributed by atoms with Crippen molar-refractivity contribution in [3.63, 3.8) is 0 Å². The number of pyridine rings is 1. The summed E-state index contributed by atoms with van der Waals surface area (Å²) in [6.45, 7) is 2.22. The molecular weight excluding hydrogens is 404 g/mol. The van der Waals surface area contributed by atoms with Crippen LogP contribution in [0.4, 0.5) is 5.82 Å². The number of nitrogens with two attached hydrogens (primary N) is 1. The van der Waals surface area contributed by atoms with E-state index in [9.17, 15) is 9.59 Å². The number of hydrogen-bond acceptors (Lipinski definition) is 5. The number of likely N-dealkylation sites (tertiary alicyclic amines) is 1. The molecule has 1 aliphatic heterocycles. The topological polar surface area (TPSA) is 117 Å². The van der Waals surface area contributed by atoms with E-state index in [0.29, 0.717) is 23.4 Å². The van der Waals surface area contributed by atoms with Crippen LogP contribution in [0.15, 0.2) is 54.7 Å². The van der Waals surface area contributed by atoms with Gasteiger partial charge in [-0.25, -0.2) is 9.97 Å². The predicted octanol–water partition coefficient (Wildman–Crippen LogP) is 3.06. The van der Waals surface area contributed by atoms with Gasteiger partial charge < -0.3 is 16.0 Å². The van der Waals surface area contributed by atoms with Gasteiger partial charge in [-0.2, -0.15) is 0 Å². The number of hydrogen-bond donors (Lipinski definition) is 3. The lowest BCUT2D eigenvalue weighted by atomic mass is 9.96. The van der Waals surface area contributed by atoms with Crippen molar-refractivity contribution in [3.05, 3.63) is 66.1 Å². The summed E-state index contributed by atoms with van der Waals surface area (Å²) in [5.74, 6) is 0.862. The molecule has 0 aliphatic carbocycles. The average molecular weight is 428 g/mol. The van der Waals surface area contributed by atoms with E-state index in [-0.39, 0.29) is 11.8 Å². The molecule has 8 nitrogen and oxygen atoms in total. The minimum absolute atomic E-state index is 0.0160. The molecule has 162 valence electrons. The van der Waals surface area contributed by atoms with Gasteiger partial charge in [0, 0.05) is 17.5 Å². The number of anilines is 1. The molecule has 2 aromatic heterocycles. The molecule has 2 aromatic carbocycles. The van der Waals surface area contributed by atoms with Crippen LogP contribution in [-0.2, 0) is 11.3 Å². The van der Waals surface area contributed by atoms with Crippen LogP contribution in [0.3, 0.4) is 0 Å². The number of benzene rings is 2. The summed E-state index contributed by atoms with van der Waals surface area (Å²) >= 11 is 0. The minimum Gasteiger partial charge on any atom is -0.366 e. The molecule has 8 heteroatoms. The molecule has 1 saturated heterocycles. The number of primary amides is 1. The summed E-state index contributed by atoms with van der Waals surface area (Å²) in [5, 5.41) is 5.07. The number of nitrogens with one attached hydrogen (secondary N) is 2. The molecule has 0 atom stereocenters. The van der Waals surface area contributed by atoms with E-state index < -0.39 is 5.91 Å². The minimum atomic E-state index is -0.485. The summed E-state index contributed by atoms with van der Waals surface area (Å²) in [6, 6.07) is 15.2. The molecule has 0 bridgehead atoms. The Kier molecular flexibility index (Phi) is 5.28. The molecule has 32 heavy (non-hydrogen) atoms. The zero-order valence-electron chi connectivity index (χ0n) is 17.5. The maximum absolute atomic E-state index is 12.8. The maximum Gasteiger partial charge on any atom is 0.250 e. The summed E-state index contributed by atoms with van der Waals surface area (Å²) < 4.78 is 0. The fraction of sp³-hybridized carbons (Fsp3) is 0.250. The van der Waals surface area contributed by atoms with Crippen molar-refractivity contribution in [1.82, 2.24) is 19.9 Å². The molecule has 2 amide bonds. The average Bonchev–Trinajstić information content (AvgIpc) is 3.21. The summed E-state index contributed by atoms with van der Waals surface area (Å²) in [4.78, 5) is 38.9. The molecule has 3 heterocycles. The van der Waals surface area contributed by atoms with E-state index >= 15 is 0 Å². The van der Waals surface area contributed by atoms with Crippen molar-refractivity contribution in [2.24, 2.45) is 11.7 Å². The first-order valence-electron chi connectivity index (χ1n) is 10.7. The number of imidazole rings is 1. The third kappa shape index (κ3) is 4.04. The first kappa shape index (κ1) is 20.1. The quantitative estimate of drug-likeness (QED) is 0.452. The predicted molar refractivity (Wildman–Crippen MR) is 123 cm³/mol. The number of nitrogens with zero attached hydrogens (tertiary/aromatic N) is 3. The van der Waals surface area contributed by atoms with Gasteiger partial charge in [0.15, 0.2) is 0 Å². The molecule has 1 aliphatic rings. The van der Waals surface area contributed by atoms with Crippen molar-refractivity contribution >= 4 is 39.4 Å². The Balaban J connectivity index is 1.19. The Labute approximate surface area is 184 Å². The second-order valence-corrected chi connectivity index (χ2v) is 8.21. The van der Waals surface area contributed by atoms with Gasteiger partial charge in [-0.05, 0) is 49.5 Å². The Hall–Kier alpha value is -3.78. The largest absolute Gasteiger partial charge is 0.366 e. The third-order valence-corrected chi connectivity index (χ3v) is 6.04. The molecule has 0 radical (unpaired) electrons. The van der Waals surface area contributed by atoms with Gasteiger partial charge in [0.2, 0.25) is 5.91 Å². The van der Waals surface area contributed by atoms with Crippen molar-refractivity contribution in [1.29, 1.82) is 0 Å². The van der Waals surface area contributed by atoms with Crippen LogP contribution < -0.4 is 11.1 Å². The number of carbonyl (C=O) groups is 2. The van der Waals surface area contributed by atoms with Crippen molar-refractivity contribution in [2.75, 3.05) is 18.4 Å². The zero-order valence-corrected chi connectivity index (χ0v) is 17.5. The lowest BCUT2D eigenvalue weighted by Gasteiger charge is -2.30. The van der Waals surface area contributed by atoms with Gasteiger partial charge in [0.05, 0.1) is 17.6 Å². The standard InChI is InChI=1S/C24H24N6O2/c25-23(31)18-6-3-7-19-22(18)28-21(27-19)14-30-10-8-15(9-11-30)24(32)29-20-12-16-4-1-2-5-17(16)13-26-20/h1-7,12-13,15H,8-11,14H2,(H2,25,31)(H,27,28)(H,26,29,32). The molecule has 0 spiro atoms. The van der Waals surface area contributed by atoms with Gasteiger partial charge in [-0.1, -0.05) is 30.3 Å². The fourth-order valence-corrected chi connectivity index (χ4v) is 4.30. The van der Waals surface area contributed by atoms with Crippen LogP contribution in [0.2, 0.25) is 0 Å². The Morgan fingerprint density at radius 3 is 2.66 bits per heavy atom. The third-order valence-electron chi connectivity index (χ3n) is 6.04. The highest BCUT2D eigenvalue weighted by Gasteiger charge is 2.26. The number of aromatic nitrogens is 3. The number of H-pyrrole nitrogens is 1. The second-order valence-electron chi connectivity index (χ2n) is 8.21. The number of rotatable bonds is 5. The zero-order chi connectivity index (χ0) is 22.1. The SMILES string of the molecule is NC(=O)c1cccc2[nH]c(CN3CCC(C(=O)Nc4cc5ccccc5cn4)CC3)nc12. The van der Waals surface area contributed by atoms with Gasteiger partial charge in [-0.15, -0.1) is 0 Å². The highest BCUT2D eigenvalue weighted by molar-refractivity contribution is 6.04. The van der Waals surface area contributed by atoms with Gasteiger partial charge in [0.25, 0.3) is 5.91 Å². The number of para-hydroxylation sites is 1. The highest BCUT2D eigenvalue weighted by Crippen LogP contribution is 2.23. The van der Waals surface area contributed by atoms with E-state index in [1.807, 2.05) is 36.4 Å². The van der Waals surface area contributed by atoms with Crippen LogP contribution in [0.1, 0.15) is 29.0 Å². The first-order valence-corrected chi connectivity index (χ1v) is 10.7. The molecular formula is C24H24N6O2. The van der Waals surface area contributed by atoms with E-state index in [4.69, 9.17) is 5.73 Å². The molecule has 1 fully saturated rings. The number of piperidine rings is 1. The normalized spacial score (nSPS) is 15.2. The van der Waals surface area contributed by atoms with Crippen LogP contribution in [0.5, 0.6) is 0 Å². The molecule has 4 aromatic rings. The van der Waals surface area contributed by atoms with Crippen LogP contribution in [0, 0.1) is 5.92 Å². The van der Waals surface area contributed by atoms with Gasteiger partial charge in [0.1, 0.15) is 17.2 Å². The Morgan fingerprint density at radius 2 is 1.88 bits per heavy atom. The van der Waals surface area contributed by atoms with Crippen LogP contribution in [0.25, 0.3) is 21.8 Å².